The summed E-state index contributed by atoms with van der Waals surface area (Å²) in [4.78, 5) is 10.6. The van der Waals surface area contributed by atoms with E-state index in [0.717, 1.165) is 0 Å². The zero-order valence-electron chi connectivity index (χ0n) is 9.42. The van der Waals surface area contributed by atoms with Gasteiger partial charge < -0.3 is 24.5 Å². The van der Waals surface area contributed by atoms with E-state index in [1.54, 1.807) is 0 Å². The Hall–Kier alpha value is -0.490. The zero-order chi connectivity index (χ0) is 11.8. The molecule has 0 rings (SSSR count). The van der Waals surface area contributed by atoms with Crippen LogP contribution in [0.3, 0.4) is 0 Å². The SMILES string of the molecule is [2H]CO[C@H]([C@@H](O)[C@H](C)O)[C@H](C=O)OC[2H]. The highest BCUT2D eigenvalue weighted by atomic mass is 16.5. The van der Waals surface area contributed by atoms with Gasteiger partial charge in [0.2, 0.25) is 0 Å². The molecular formula is C8H16O5. The maximum atomic E-state index is 10.6. The van der Waals surface area contributed by atoms with E-state index in [-0.39, 0.29) is 0 Å². The van der Waals surface area contributed by atoms with E-state index in [4.69, 9.17) is 17.3 Å². The number of aliphatic hydroxyl groups excluding tert-OH is 2. The first-order valence-corrected chi connectivity index (χ1v) is 3.71. The van der Waals surface area contributed by atoms with Gasteiger partial charge in [0.05, 0.1) is 8.85 Å². The zero-order valence-corrected chi connectivity index (χ0v) is 7.42. The molecule has 0 aromatic heterocycles. The summed E-state index contributed by atoms with van der Waals surface area (Å²) < 4.78 is 23.1. The lowest BCUT2D eigenvalue weighted by Gasteiger charge is -2.26. The molecule has 2 N–H and O–H groups in total. The van der Waals surface area contributed by atoms with Gasteiger partial charge in [-0.1, -0.05) is 0 Å². The van der Waals surface area contributed by atoms with Gasteiger partial charge in [0, 0.05) is 14.2 Å². The second-order valence-corrected chi connectivity index (χ2v) is 2.63. The summed E-state index contributed by atoms with van der Waals surface area (Å²) in [6.07, 6.45) is -4.36. The molecule has 0 heterocycles. The smallest absolute Gasteiger partial charge is 0.151 e. The lowest BCUT2D eigenvalue weighted by atomic mass is 10.0. The maximum Gasteiger partial charge on any atom is 0.151 e. The molecule has 5 nitrogen and oxygen atoms in total. The summed E-state index contributed by atoms with van der Waals surface area (Å²) in [7, 11) is -0.937. The normalized spacial score (nSPS) is 22.4. The summed E-state index contributed by atoms with van der Waals surface area (Å²) in [6, 6.07) is 0. The van der Waals surface area contributed by atoms with Crippen molar-refractivity contribution in [3.63, 3.8) is 0 Å². The molecule has 0 bridgehead atoms. The van der Waals surface area contributed by atoms with Gasteiger partial charge in [-0.15, -0.1) is 0 Å². The minimum absolute atomic E-state index is 0.375. The van der Waals surface area contributed by atoms with Gasteiger partial charge in [0.15, 0.2) is 6.29 Å². The average molecular weight is 194 g/mol. The number of methoxy groups -OCH3 is 2. The number of aliphatic hydroxyl groups is 2. The Balaban J connectivity index is 4.52. The number of hydrogen-bond donors (Lipinski definition) is 2. The Morgan fingerprint density at radius 3 is 2.38 bits per heavy atom. The number of carbonyl (C=O) groups excluding carboxylic acids is 1. The Bertz CT molecular complexity index is 178. The van der Waals surface area contributed by atoms with Gasteiger partial charge in [-0.25, -0.2) is 0 Å². The molecule has 13 heavy (non-hydrogen) atoms. The lowest BCUT2D eigenvalue weighted by Crippen LogP contribution is -2.46. The van der Waals surface area contributed by atoms with Gasteiger partial charge >= 0.3 is 0 Å². The van der Waals surface area contributed by atoms with Crippen molar-refractivity contribution in [1.29, 1.82) is 0 Å². The Labute approximate surface area is 80.1 Å². The number of hydrogen-bond acceptors (Lipinski definition) is 5. The summed E-state index contributed by atoms with van der Waals surface area (Å²) >= 11 is 0. The molecule has 4 atom stereocenters. The number of rotatable bonds is 6. The molecule has 0 spiro atoms. The molecule has 0 aliphatic carbocycles. The molecule has 0 aliphatic rings. The molecule has 5 heteroatoms. The van der Waals surface area contributed by atoms with Crippen LogP contribution >= 0.6 is 0 Å². The first kappa shape index (κ1) is 9.08. The Morgan fingerprint density at radius 1 is 1.38 bits per heavy atom. The lowest BCUT2D eigenvalue weighted by molar-refractivity contribution is -0.143. The summed E-state index contributed by atoms with van der Waals surface area (Å²) in [5, 5.41) is 18.6. The number of carbonyl (C=O) groups is 1. The summed E-state index contributed by atoms with van der Waals surface area (Å²) in [5.74, 6) is 0. The fourth-order valence-corrected chi connectivity index (χ4v) is 0.874. The van der Waals surface area contributed by atoms with Gasteiger partial charge in [0.1, 0.15) is 18.3 Å². The van der Waals surface area contributed by atoms with Crippen LogP contribution in [0.1, 0.15) is 9.67 Å². The average Bonchev–Trinajstić information content (AvgIpc) is 2.22. The van der Waals surface area contributed by atoms with Crippen molar-refractivity contribution in [2.45, 2.75) is 31.3 Å². The third kappa shape index (κ3) is 3.40. The summed E-state index contributed by atoms with van der Waals surface area (Å²) in [6.45, 7) is 1.33. The summed E-state index contributed by atoms with van der Waals surface area (Å²) in [5.41, 5.74) is 0. The monoisotopic (exact) mass is 194 g/mol. The maximum absolute atomic E-state index is 10.6. The molecule has 0 fully saturated rings. The van der Waals surface area contributed by atoms with E-state index in [2.05, 4.69) is 0 Å². The first-order valence-electron chi connectivity index (χ1n) is 5.13. The molecule has 0 aromatic rings. The van der Waals surface area contributed by atoms with Crippen LogP contribution < -0.4 is 0 Å². The minimum Gasteiger partial charge on any atom is -0.391 e. The van der Waals surface area contributed by atoms with E-state index in [1.165, 1.54) is 6.92 Å². The predicted molar refractivity (Wildman–Crippen MR) is 45.3 cm³/mol. The fourth-order valence-electron chi connectivity index (χ4n) is 0.874. The third-order valence-electron chi connectivity index (χ3n) is 1.67. The van der Waals surface area contributed by atoms with Crippen molar-refractivity contribution in [3.05, 3.63) is 0 Å². The van der Waals surface area contributed by atoms with E-state index in [0.29, 0.717) is 6.29 Å². The van der Waals surface area contributed by atoms with Gasteiger partial charge in [0.25, 0.3) is 0 Å². The quantitative estimate of drug-likeness (QED) is 0.528. The largest absolute Gasteiger partial charge is 0.391 e. The van der Waals surface area contributed by atoms with Crippen molar-refractivity contribution in [2.75, 3.05) is 14.2 Å². The molecule has 0 aliphatic heterocycles. The molecule has 0 aromatic carbocycles. The van der Waals surface area contributed by atoms with Crippen molar-refractivity contribution in [2.24, 2.45) is 0 Å². The van der Waals surface area contributed by atoms with Crippen LogP contribution in [0.4, 0.5) is 0 Å². The van der Waals surface area contributed by atoms with Crippen LogP contribution in [0.5, 0.6) is 0 Å². The van der Waals surface area contributed by atoms with Crippen LogP contribution in [0.15, 0.2) is 0 Å². The van der Waals surface area contributed by atoms with Crippen molar-refractivity contribution < 1.29 is 27.2 Å². The van der Waals surface area contributed by atoms with E-state index in [9.17, 15) is 9.90 Å². The highest BCUT2D eigenvalue weighted by Gasteiger charge is 2.31. The van der Waals surface area contributed by atoms with Crippen molar-refractivity contribution >= 4 is 6.29 Å². The molecule has 0 saturated heterocycles. The van der Waals surface area contributed by atoms with Gasteiger partial charge in [-0.3, -0.25) is 0 Å². The van der Waals surface area contributed by atoms with Crippen LogP contribution in [0.25, 0.3) is 0 Å². The van der Waals surface area contributed by atoms with Crippen LogP contribution in [0, 0.1) is 0 Å². The number of aldehydes is 1. The molecule has 0 amide bonds. The Morgan fingerprint density at radius 2 is 2.00 bits per heavy atom. The highest BCUT2D eigenvalue weighted by molar-refractivity contribution is 5.57. The molecular weight excluding hydrogens is 176 g/mol. The first-order chi connectivity index (χ1) is 7.08. The molecule has 78 valence electrons. The van der Waals surface area contributed by atoms with Crippen LogP contribution in [-0.4, -0.2) is 55.1 Å². The van der Waals surface area contributed by atoms with E-state index in [1.807, 2.05) is 0 Å². The van der Waals surface area contributed by atoms with Crippen molar-refractivity contribution in [1.82, 2.24) is 0 Å². The van der Waals surface area contributed by atoms with Crippen molar-refractivity contribution in [3.8, 4) is 0 Å². The molecule has 0 saturated carbocycles. The fraction of sp³-hybridized carbons (Fsp3) is 0.875. The van der Waals surface area contributed by atoms with Gasteiger partial charge in [-0.2, -0.15) is 0 Å². The topological polar surface area (TPSA) is 76.0 Å². The van der Waals surface area contributed by atoms with Crippen LogP contribution in [0.2, 0.25) is 0 Å². The van der Waals surface area contributed by atoms with Crippen LogP contribution in [-0.2, 0) is 14.3 Å². The highest BCUT2D eigenvalue weighted by Crippen LogP contribution is 2.09. The minimum atomic E-state index is -1.34. The second kappa shape index (κ2) is 6.04. The van der Waals surface area contributed by atoms with E-state index >= 15 is 0 Å². The number of ether oxygens (including phenoxy) is 2. The molecule has 0 radical (unpaired) electrons. The van der Waals surface area contributed by atoms with E-state index < -0.39 is 38.6 Å². The van der Waals surface area contributed by atoms with Gasteiger partial charge in [-0.05, 0) is 6.92 Å². The standard InChI is InChI=1S/C8H16O5/c1-5(10)7(11)8(13-3)6(4-9)12-2/h4-8,10-11H,1-3H3/t5-,6-,7-,8-/m0/s1/i2D,3D. The third-order valence-corrected chi connectivity index (χ3v) is 1.67. The second-order valence-electron chi connectivity index (χ2n) is 2.63. The Kier molecular flexibility index (Phi) is 4.22. The molecule has 0 unspecified atom stereocenters. The predicted octanol–water partition coefficient (Wildman–Crippen LogP) is -1.04.